The van der Waals surface area contributed by atoms with Gasteiger partial charge < -0.3 is 9.72 Å². The van der Waals surface area contributed by atoms with Crippen LogP contribution >= 0.6 is 11.6 Å². The summed E-state index contributed by atoms with van der Waals surface area (Å²) in [5, 5.41) is 0.555. The van der Waals surface area contributed by atoms with Crippen LogP contribution in [0.2, 0.25) is 5.02 Å². The first-order chi connectivity index (χ1) is 14.3. The molecule has 0 atom stereocenters. The average molecular weight is 439 g/mol. The second-order valence-electron chi connectivity index (χ2n) is 7.02. The van der Waals surface area contributed by atoms with Crippen molar-refractivity contribution in [2.75, 3.05) is 32.8 Å². The molecule has 0 radical (unpaired) electrons. The first kappa shape index (κ1) is 20.8. The SMILES string of the molecule is O=c1[nH]c(-c2cc(C(F)(F)F)ccn2)nc2c(Cl)cc(CCN3CCOCC3)cc12. The van der Waals surface area contributed by atoms with E-state index in [9.17, 15) is 18.0 Å². The van der Waals surface area contributed by atoms with E-state index in [-0.39, 0.29) is 27.4 Å². The van der Waals surface area contributed by atoms with Gasteiger partial charge in [-0.15, -0.1) is 0 Å². The van der Waals surface area contributed by atoms with E-state index in [1.165, 1.54) is 0 Å². The average Bonchev–Trinajstić information content (AvgIpc) is 2.73. The predicted molar refractivity (Wildman–Crippen MR) is 107 cm³/mol. The summed E-state index contributed by atoms with van der Waals surface area (Å²) in [4.78, 5) is 25.6. The van der Waals surface area contributed by atoms with Gasteiger partial charge in [-0.1, -0.05) is 11.6 Å². The summed E-state index contributed by atoms with van der Waals surface area (Å²) in [6, 6.07) is 5.15. The summed E-state index contributed by atoms with van der Waals surface area (Å²) in [5.41, 5.74) is -0.332. The van der Waals surface area contributed by atoms with E-state index in [0.717, 1.165) is 43.5 Å². The topological polar surface area (TPSA) is 71.1 Å². The van der Waals surface area contributed by atoms with Crippen LogP contribution in [0, 0.1) is 0 Å². The van der Waals surface area contributed by atoms with Gasteiger partial charge in [0, 0.05) is 25.8 Å². The molecule has 1 fully saturated rings. The van der Waals surface area contributed by atoms with Crippen molar-refractivity contribution in [2.45, 2.75) is 12.6 Å². The summed E-state index contributed by atoms with van der Waals surface area (Å²) in [7, 11) is 0. The van der Waals surface area contributed by atoms with Crippen LogP contribution in [0.1, 0.15) is 11.1 Å². The van der Waals surface area contributed by atoms with Crippen molar-refractivity contribution < 1.29 is 17.9 Å². The molecular formula is C20H18ClF3N4O2. The summed E-state index contributed by atoms with van der Waals surface area (Å²) < 4.78 is 44.3. The molecular weight excluding hydrogens is 421 g/mol. The largest absolute Gasteiger partial charge is 0.416 e. The molecule has 1 aliphatic heterocycles. The quantitative estimate of drug-likeness (QED) is 0.674. The van der Waals surface area contributed by atoms with Gasteiger partial charge in [0.05, 0.1) is 34.7 Å². The maximum Gasteiger partial charge on any atom is 0.416 e. The molecule has 4 rings (SSSR count). The van der Waals surface area contributed by atoms with E-state index < -0.39 is 17.3 Å². The van der Waals surface area contributed by atoms with E-state index in [2.05, 4.69) is 19.9 Å². The van der Waals surface area contributed by atoms with Crippen molar-refractivity contribution in [2.24, 2.45) is 0 Å². The number of alkyl halides is 3. The Kier molecular flexibility index (Phi) is 5.77. The van der Waals surface area contributed by atoms with Crippen LogP contribution in [-0.2, 0) is 17.3 Å². The van der Waals surface area contributed by atoms with Crippen molar-refractivity contribution in [3.8, 4) is 11.5 Å². The standard InChI is InChI=1S/C20H18ClF3N4O2/c21-15-10-12(2-4-28-5-7-30-8-6-28)9-14-17(15)26-18(27-19(14)29)16-11-13(1-3-25-16)20(22,23)24/h1,3,9-11H,2,4-8H2,(H,26,27,29). The van der Waals surface area contributed by atoms with E-state index in [1.807, 2.05) is 0 Å². The van der Waals surface area contributed by atoms with Gasteiger partial charge in [0.1, 0.15) is 5.69 Å². The molecule has 0 saturated carbocycles. The minimum absolute atomic E-state index is 0.0680. The van der Waals surface area contributed by atoms with Crippen molar-refractivity contribution in [3.63, 3.8) is 0 Å². The number of pyridine rings is 1. The molecule has 1 aromatic carbocycles. The molecule has 0 spiro atoms. The highest BCUT2D eigenvalue weighted by Crippen LogP contribution is 2.31. The monoisotopic (exact) mass is 438 g/mol. The first-order valence-electron chi connectivity index (χ1n) is 9.37. The molecule has 0 unspecified atom stereocenters. The third-order valence-electron chi connectivity index (χ3n) is 4.97. The predicted octanol–water partition coefficient (Wildman–Crippen LogP) is 3.53. The molecule has 158 valence electrons. The zero-order chi connectivity index (χ0) is 21.3. The number of hydrogen-bond donors (Lipinski definition) is 1. The Hall–Kier alpha value is -2.49. The summed E-state index contributed by atoms with van der Waals surface area (Å²) >= 11 is 6.37. The van der Waals surface area contributed by atoms with Gasteiger partial charge >= 0.3 is 6.18 Å². The number of fused-ring (bicyclic) bond motifs is 1. The second kappa shape index (κ2) is 8.33. The van der Waals surface area contributed by atoms with E-state index in [0.29, 0.717) is 19.6 Å². The van der Waals surface area contributed by atoms with Crippen LogP contribution < -0.4 is 5.56 Å². The van der Waals surface area contributed by atoms with Crippen LogP contribution in [-0.4, -0.2) is 52.7 Å². The first-order valence-corrected chi connectivity index (χ1v) is 9.75. The minimum atomic E-state index is -4.53. The van der Waals surface area contributed by atoms with Crippen LogP contribution in [0.3, 0.4) is 0 Å². The highest BCUT2D eigenvalue weighted by molar-refractivity contribution is 6.35. The lowest BCUT2D eigenvalue weighted by Gasteiger charge is -2.26. The lowest BCUT2D eigenvalue weighted by atomic mass is 10.1. The molecule has 6 nitrogen and oxygen atoms in total. The Morgan fingerprint density at radius 2 is 1.97 bits per heavy atom. The van der Waals surface area contributed by atoms with E-state index in [4.69, 9.17) is 16.3 Å². The van der Waals surface area contributed by atoms with Crippen molar-refractivity contribution in [1.29, 1.82) is 0 Å². The molecule has 3 heterocycles. The number of H-pyrrole nitrogens is 1. The molecule has 1 N–H and O–H groups in total. The fourth-order valence-corrected chi connectivity index (χ4v) is 3.65. The fraction of sp³-hybridized carbons (Fsp3) is 0.350. The van der Waals surface area contributed by atoms with E-state index in [1.54, 1.807) is 12.1 Å². The molecule has 0 bridgehead atoms. The van der Waals surface area contributed by atoms with Gasteiger partial charge in [-0.25, -0.2) is 4.98 Å². The minimum Gasteiger partial charge on any atom is -0.379 e. The number of rotatable bonds is 4. The van der Waals surface area contributed by atoms with Gasteiger partial charge in [0.15, 0.2) is 5.82 Å². The third-order valence-corrected chi connectivity index (χ3v) is 5.26. The molecule has 2 aromatic heterocycles. The number of benzene rings is 1. The van der Waals surface area contributed by atoms with Gasteiger partial charge in [0.25, 0.3) is 5.56 Å². The summed E-state index contributed by atoms with van der Waals surface area (Å²) in [6.45, 7) is 3.93. The second-order valence-corrected chi connectivity index (χ2v) is 7.43. The Bertz CT molecular complexity index is 1130. The highest BCUT2D eigenvalue weighted by Gasteiger charge is 2.31. The fourth-order valence-electron chi connectivity index (χ4n) is 3.37. The third kappa shape index (κ3) is 4.48. The van der Waals surface area contributed by atoms with Crippen LogP contribution in [0.15, 0.2) is 35.3 Å². The number of aromatic amines is 1. The number of nitrogens with one attached hydrogen (secondary N) is 1. The zero-order valence-corrected chi connectivity index (χ0v) is 16.6. The van der Waals surface area contributed by atoms with Crippen molar-refractivity contribution in [3.05, 3.63) is 57.0 Å². The number of hydrogen-bond acceptors (Lipinski definition) is 5. The zero-order valence-electron chi connectivity index (χ0n) is 15.8. The van der Waals surface area contributed by atoms with Gasteiger partial charge in [-0.3, -0.25) is 14.7 Å². The maximum absolute atomic E-state index is 13.0. The van der Waals surface area contributed by atoms with Crippen molar-refractivity contribution in [1.82, 2.24) is 19.9 Å². The molecule has 0 amide bonds. The smallest absolute Gasteiger partial charge is 0.379 e. The molecule has 3 aromatic rings. The Labute approximate surface area is 174 Å². The lowest BCUT2D eigenvalue weighted by Crippen LogP contribution is -2.37. The van der Waals surface area contributed by atoms with Crippen molar-refractivity contribution >= 4 is 22.5 Å². The lowest BCUT2D eigenvalue weighted by molar-refractivity contribution is -0.137. The Balaban J connectivity index is 1.66. The normalized spacial score (nSPS) is 15.6. The van der Waals surface area contributed by atoms with Crippen LogP contribution in [0.4, 0.5) is 13.2 Å². The number of nitrogens with zero attached hydrogens (tertiary/aromatic N) is 3. The van der Waals surface area contributed by atoms with Gasteiger partial charge in [-0.05, 0) is 36.2 Å². The van der Waals surface area contributed by atoms with Gasteiger partial charge in [0.2, 0.25) is 0 Å². The summed E-state index contributed by atoms with van der Waals surface area (Å²) in [6.07, 6.45) is -2.80. The summed E-state index contributed by atoms with van der Waals surface area (Å²) in [5.74, 6) is -0.0680. The number of morpholine rings is 1. The van der Waals surface area contributed by atoms with Gasteiger partial charge in [-0.2, -0.15) is 13.2 Å². The Morgan fingerprint density at radius 1 is 1.20 bits per heavy atom. The molecule has 0 aliphatic carbocycles. The molecule has 10 heteroatoms. The molecule has 1 aliphatic rings. The van der Waals surface area contributed by atoms with Crippen LogP contribution in [0.25, 0.3) is 22.4 Å². The molecule has 30 heavy (non-hydrogen) atoms. The number of halogens is 4. The Morgan fingerprint density at radius 3 is 2.70 bits per heavy atom. The number of ether oxygens (including phenoxy) is 1. The maximum atomic E-state index is 13.0. The van der Waals surface area contributed by atoms with Crippen LogP contribution in [0.5, 0.6) is 0 Å². The highest BCUT2D eigenvalue weighted by atomic mass is 35.5. The number of aromatic nitrogens is 3. The molecule has 1 saturated heterocycles. The van der Waals surface area contributed by atoms with E-state index >= 15 is 0 Å².